The molecular formula is C13H12BrNO2S2. The lowest BCUT2D eigenvalue weighted by Gasteiger charge is -2.13. The second-order valence-corrected chi connectivity index (χ2v) is 6.84. The Morgan fingerprint density at radius 1 is 1.47 bits per heavy atom. The Morgan fingerprint density at radius 3 is 2.79 bits per heavy atom. The van der Waals surface area contributed by atoms with Crippen molar-refractivity contribution in [3.8, 4) is 5.75 Å². The summed E-state index contributed by atoms with van der Waals surface area (Å²) in [5, 5.41) is 2.60. The van der Waals surface area contributed by atoms with E-state index < -0.39 is 0 Å². The number of thiocarbonyl (C=S) groups is 1. The van der Waals surface area contributed by atoms with Gasteiger partial charge < -0.3 is 10.1 Å². The quantitative estimate of drug-likeness (QED) is 0.660. The summed E-state index contributed by atoms with van der Waals surface area (Å²) in [6.07, 6.45) is 1.87. The molecule has 6 heteroatoms. The van der Waals surface area contributed by atoms with Gasteiger partial charge in [-0.15, -0.1) is 0 Å². The van der Waals surface area contributed by atoms with Crippen LogP contribution in [-0.4, -0.2) is 16.3 Å². The minimum atomic E-state index is -0.162. The van der Waals surface area contributed by atoms with Gasteiger partial charge in [-0.05, 0) is 38.1 Å². The van der Waals surface area contributed by atoms with Crippen molar-refractivity contribution in [3.63, 3.8) is 0 Å². The number of nitrogens with one attached hydrogen (secondary N) is 1. The van der Waals surface area contributed by atoms with Crippen LogP contribution >= 0.6 is 39.9 Å². The Balaban J connectivity index is 2.38. The largest absolute Gasteiger partial charge is 0.490 e. The molecular weight excluding hydrogens is 346 g/mol. The predicted octanol–water partition coefficient (Wildman–Crippen LogP) is 3.73. The fourth-order valence-electron chi connectivity index (χ4n) is 1.56. The molecule has 0 spiro atoms. The number of hydrogen-bond donors (Lipinski definition) is 1. The van der Waals surface area contributed by atoms with E-state index >= 15 is 0 Å². The summed E-state index contributed by atoms with van der Waals surface area (Å²) in [6.45, 7) is 3.93. The number of carbonyl (C=O) groups is 1. The topological polar surface area (TPSA) is 38.3 Å². The summed E-state index contributed by atoms with van der Waals surface area (Å²) < 4.78 is 7.15. The summed E-state index contributed by atoms with van der Waals surface area (Å²) in [5.74, 6) is 0.586. The average Bonchev–Trinajstić information content (AvgIpc) is 2.61. The maximum atomic E-state index is 11.7. The highest BCUT2D eigenvalue weighted by Crippen LogP contribution is 2.31. The van der Waals surface area contributed by atoms with Gasteiger partial charge >= 0.3 is 0 Å². The lowest BCUT2D eigenvalue weighted by atomic mass is 10.2. The Labute approximate surface area is 129 Å². The first kappa shape index (κ1) is 14.6. The van der Waals surface area contributed by atoms with Crippen LogP contribution in [0.3, 0.4) is 0 Å². The predicted molar refractivity (Wildman–Crippen MR) is 86.2 cm³/mol. The smallest absolute Gasteiger partial charge is 0.263 e. The Hall–Kier alpha value is -0.850. The molecule has 0 aliphatic carbocycles. The number of hydrogen-bond acceptors (Lipinski definition) is 4. The van der Waals surface area contributed by atoms with Crippen LogP contribution in [0.4, 0.5) is 0 Å². The van der Waals surface area contributed by atoms with Crippen LogP contribution in [0.5, 0.6) is 5.75 Å². The van der Waals surface area contributed by atoms with Gasteiger partial charge in [0.25, 0.3) is 5.91 Å². The Bertz CT molecular complexity index is 570. The van der Waals surface area contributed by atoms with Gasteiger partial charge in [0.15, 0.2) is 0 Å². The van der Waals surface area contributed by atoms with E-state index in [9.17, 15) is 4.79 Å². The minimum Gasteiger partial charge on any atom is -0.490 e. The van der Waals surface area contributed by atoms with Crippen LogP contribution < -0.4 is 10.1 Å². The molecule has 1 saturated heterocycles. The van der Waals surface area contributed by atoms with Gasteiger partial charge in [0.1, 0.15) is 10.1 Å². The Kier molecular flexibility index (Phi) is 4.65. The number of ether oxygens (including phenoxy) is 1. The highest BCUT2D eigenvalue weighted by atomic mass is 79.9. The number of carbonyl (C=O) groups excluding carboxylic acids is 1. The minimum absolute atomic E-state index is 0.0736. The first-order chi connectivity index (χ1) is 8.95. The third-order valence-corrected chi connectivity index (χ3v) is 3.92. The van der Waals surface area contributed by atoms with Crippen LogP contribution in [0.1, 0.15) is 19.4 Å². The van der Waals surface area contributed by atoms with Crippen molar-refractivity contribution in [3.05, 3.63) is 33.1 Å². The average molecular weight is 358 g/mol. The lowest BCUT2D eigenvalue weighted by Crippen LogP contribution is -2.17. The molecule has 0 bridgehead atoms. The number of benzene rings is 1. The van der Waals surface area contributed by atoms with Crippen molar-refractivity contribution in [2.75, 3.05) is 0 Å². The molecule has 2 rings (SSSR count). The molecule has 100 valence electrons. The van der Waals surface area contributed by atoms with E-state index in [1.807, 2.05) is 32.0 Å². The number of thioether (sulfide) groups is 1. The van der Waals surface area contributed by atoms with Gasteiger partial charge in [0, 0.05) is 10.0 Å². The third kappa shape index (κ3) is 3.81. The van der Waals surface area contributed by atoms with Crippen LogP contribution in [0.15, 0.2) is 27.6 Å². The van der Waals surface area contributed by atoms with Crippen LogP contribution in [0.25, 0.3) is 6.08 Å². The van der Waals surface area contributed by atoms with Crippen LogP contribution in [0.2, 0.25) is 0 Å². The molecule has 1 aliphatic rings. The van der Waals surface area contributed by atoms with E-state index in [4.69, 9.17) is 17.0 Å². The van der Waals surface area contributed by atoms with Gasteiger partial charge in [-0.25, -0.2) is 0 Å². The van der Waals surface area contributed by atoms with E-state index in [0.29, 0.717) is 9.23 Å². The van der Waals surface area contributed by atoms with Crippen molar-refractivity contribution in [2.45, 2.75) is 20.0 Å². The van der Waals surface area contributed by atoms with Gasteiger partial charge in [0.05, 0.1) is 11.0 Å². The fourth-order valence-corrected chi connectivity index (χ4v) is 2.97. The standard InChI is InChI=1S/C13H12BrNO2S2/c1-7(2)17-10-4-3-9(14)5-8(10)6-11-12(16)15-13(18)19-11/h3-7H,1-2H3,(H,15,16,18)/b11-6+. The lowest BCUT2D eigenvalue weighted by molar-refractivity contribution is -0.115. The van der Waals surface area contributed by atoms with E-state index in [-0.39, 0.29) is 12.0 Å². The van der Waals surface area contributed by atoms with E-state index in [2.05, 4.69) is 21.2 Å². The van der Waals surface area contributed by atoms with Crippen molar-refractivity contribution < 1.29 is 9.53 Å². The fraction of sp³-hybridized carbons (Fsp3) is 0.231. The molecule has 19 heavy (non-hydrogen) atoms. The molecule has 0 unspecified atom stereocenters. The van der Waals surface area contributed by atoms with Crippen molar-refractivity contribution >= 4 is 56.2 Å². The summed E-state index contributed by atoms with van der Waals surface area (Å²) in [7, 11) is 0. The first-order valence-corrected chi connectivity index (χ1v) is 7.68. The Morgan fingerprint density at radius 2 is 2.21 bits per heavy atom. The SMILES string of the molecule is CC(C)Oc1ccc(Br)cc1/C=C1/SC(=S)NC1=O. The summed E-state index contributed by atoms with van der Waals surface area (Å²) in [4.78, 5) is 12.2. The van der Waals surface area contributed by atoms with Crippen LogP contribution in [-0.2, 0) is 4.79 Å². The van der Waals surface area contributed by atoms with Gasteiger partial charge in [0.2, 0.25) is 0 Å². The number of amides is 1. The van der Waals surface area contributed by atoms with Crippen LogP contribution in [0, 0.1) is 0 Å². The molecule has 1 aromatic rings. The van der Waals surface area contributed by atoms with E-state index in [0.717, 1.165) is 15.8 Å². The number of halogens is 1. The summed E-state index contributed by atoms with van der Waals surface area (Å²) >= 11 is 9.65. The van der Waals surface area contributed by atoms with Crippen molar-refractivity contribution in [2.24, 2.45) is 0 Å². The maximum Gasteiger partial charge on any atom is 0.263 e. The molecule has 0 atom stereocenters. The van der Waals surface area contributed by atoms with Gasteiger partial charge in [-0.2, -0.15) is 0 Å². The third-order valence-electron chi connectivity index (χ3n) is 2.26. The zero-order chi connectivity index (χ0) is 14.0. The molecule has 1 N–H and O–H groups in total. The maximum absolute atomic E-state index is 11.7. The van der Waals surface area contributed by atoms with Crippen molar-refractivity contribution in [1.29, 1.82) is 0 Å². The van der Waals surface area contributed by atoms with E-state index in [1.54, 1.807) is 6.08 Å². The molecule has 3 nitrogen and oxygen atoms in total. The zero-order valence-electron chi connectivity index (χ0n) is 10.4. The number of rotatable bonds is 3. The molecule has 0 saturated carbocycles. The highest BCUT2D eigenvalue weighted by Gasteiger charge is 2.22. The molecule has 1 amide bonds. The molecule has 0 radical (unpaired) electrons. The summed E-state index contributed by atoms with van der Waals surface area (Å²) in [6, 6.07) is 5.71. The van der Waals surface area contributed by atoms with Crippen molar-refractivity contribution in [1.82, 2.24) is 5.32 Å². The molecule has 1 aliphatic heterocycles. The monoisotopic (exact) mass is 357 g/mol. The van der Waals surface area contributed by atoms with E-state index in [1.165, 1.54) is 11.8 Å². The van der Waals surface area contributed by atoms with Gasteiger partial charge in [-0.3, -0.25) is 4.79 Å². The molecule has 1 fully saturated rings. The second-order valence-electron chi connectivity index (χ2n) is 4.20. The zero-order valence-corrected chi connectivity index (χ0v) is 13.6. The molecule has 1 heterocycles. The first-order valence-electron chi connectivity index (χ1n) is 5.67. The second kappa shape index (κ2) is 6.07. The normalized spacial score (nSPS) is 17.2. The highest BCUT2D eigenvalue weighted by molar-refractivity contribution is 9.10. The summed E-state index contributed by atoms with van der Waals surface area (Å²) in [5.41, 5.74) is 0.852. The van der Waals surface area contributed by atoms with Gasteiger partial charge in [-0.1, -0.05) is 39.9 Å². The molecule has 1 aromatic carbocycles. The molecule has 0 aromatic heterocycles.